The third-order valence-electron chi connectivity index (χ3n) is 5.11. The van der Waals surface area contributed by atoms with Gasteiger partial charge in [0.1, 0.15) is 23.1 Å². The van der Waals surface area contributed by atoms with Gasteiger partial charge in [0.2, 0.25) is 0 Å². The van der Waals surface area contributed by atoms with E-state index in [1.807, 2.05) is 0 Å². The molecule has 2 aromatic carbocycles. The molecule has 162 valence electrons. The molecule has 1 atom stereocenters. The molecule has 0 saturated heterocycles. The van der Waals surface area contributed by atoms with Crippen molar-refractivity contribution in [3.8, 4) is 5.75 Å². The topological polar surface area (TPSA) is 28.3 Å². The first-order valence-corrected chi connectivity index (χ1v) is 10.3. The van der Waals surface area contributed by atoms with Gasteiger partial charge in [-0.25, -0.2) is 13.2 Å². The summed E-state index contributed by atoms with van der Waals surface area (Å²) < 4.78 is 43.6. The Bertz CT molecular complexity index is 974. The minimum atomic E-state index is -1.14. The highest BCUT2D eigenvalue weighted by atomic mass is 19.1. The minimum Gasteiger partial charge on any atom is -0.494 e. The number of fused-ring (bicyclic) bond motifs is 3. The largest absolute Gasteiger partial charge is 0.494 e. The number of rotatable bonds is 4. The van der Waals surface area contributed by atoms with Crippen molar-refractivity contribution < 1.29 is 17.9 Å². The SMILES string of the molecule is CCOc1cc(F)cc(F)c1.C[C@@H]1Cc2c([nH]c3ccccc23)CN1CC(C)(C)F. The van der Waals surface area contributed by atoms with Crippen molar-refractivity contribution in [1.82, 2.24) is 9.88 Å². The Hall–Kier alpha value is -2.47. The number of ether oxygens (including phenoxy) is 1. The van der Waals surface area contributed by atoms with Crippen LogP contribution in [0, 0.1) is 11.6 Å². The quantitative estimate of drug-likeness (QED) is 0.561. The summed E-state index contributed by atoms with van der Waals surface area (Å²) in [5.74, 6) is -1.01. The van der Waals surface area contributed by atoms with Crippen LogP contribution in [0.3, 0.4) is 0 Å². The van der Waals surface area contributed by atoms with Gasteiger partial charge in [-0.3, -0.25) is 4.90 Å². The third kappa shape index (κ3) is 5.57. The van der Waals surface area contributed by atoms with Gasteiger partial charge >= 0.3 is 0 Å². The number of nitrogens with one attached hydrogen (secondary N) is 1. The summed E-state index contributed by atoms with van der Waals surface area (Å²) in [5.41, 5.74) is 2.72. The predicted octanol–water partition coefficient (Wildman–Crippen LogP) is 6.03. The first-order chi connectivity index (χ1) is 14.2. The number of halogens is 3. The van der Waals surface area contributed by atoms with Crippen LogP contribution in [0.5, 0.6) is 5.75 Å². The number of aromatic nitrogens is 1. The summed E-state index contributed by atoms with van der Waals surface area (Å²) in [7, 11) is 0. The maximum atomic E-state index is 13.9. The average Bonchev–Trinajstić information content (AvgIpc) is 2.98. The predicted molar refractivity (Wildman–Crippen MR) is 115 cm³/mol. The van der Waals surface area contributed by atoms with Gasteiger partial charge < -0.3 is 9.72 Å². The third-order valence-corrected chi connectivity index (χ3v) is 5.11. The van der Waals surface area contributed by atoms with Gasteiger partial charge in [-0.1, -0.05) is 18.2 Å². The second-order valence-corrected chi connectivity index (χ2v) is 8.34. The highest BCUT2D eigenvalue weighted by Gasteiger charge is 2.30. The zero-order valence-electron chi connectivity index (χ0n) is 17.9. The van der Waals surface area contributed by atoms with Crippen LogP contribution in [0.2, 0.25) is 0 Å². The van der Waals surface area contributed by atoms with Crippen LogP contribution < -0.4 is 4.74 Å². The van der Waals surface area contributed by atoms with Gasteiger partial charge in [0, 0.05) is 53.9 Å². The van der Waals surface area contributed by atoms with Crippen LogP contribution in [0.15, 0.2) is 42.5 Å². The Morgan fingerprint density at radius 1 is 1.13 bits per heavy atom. The lowest BCUT2D eigenvalue weighted by Gasteiger charge is -2.36. The second kappa shape index (κ2) is 9.13. The Morgan fingerprint density at radius 2 is 1.80 bits per heavy atom. The fourth-order valence-electron chi connectivity index (χ4n) is 3.88. The van der Waals surface area contributed by atoms with E-state index >= 15 is 0 Å². The van der Waals surface area contributed by atoms with Crippen molar-refractivity contribution in [2.75, 3.05) is 13.2 Å². The van der Waals surface area contributed by atoms with Gasteiger partial charge in [-0.15, -0.1) is 0 Å². The molecular formula is C24H29F3N2O. The van der Waals surface area contributed by atoms with Crippen LogP contribution >= 0.6 is 0 Å². The van der Waals surface area contributed by atoms with Gasteiger partial charge in [0.25, 0.3) is 0 Å². The van der Waals surface area contributed by atoms with E-state index in [9.17, 15) is 13.2 Å². The van der Waals surface area contributed by atoms with Crippen molar-refractivity contribution in [2.45, 2.75) is 52.4 Å². The van der Waals surface area contributed by atoms with Crippen LogP contribution in [-0.2, 0) is 13.0 Å². The lowest BCUT2D eigenvalue weighted by molar-refractivity contribution is 0.0853. The molecule has 3 nitrogen and oxygen atoms in total. The minimum absolute atomic E-state index is 0.227. The molecule has 0 spiro atoms. The molecule has 6 heteroatoms. The molecule has 2 heterocycles. The Labute approximate surface area is 175 Å². The average molecular weight is 419 g/mol. The van der Waals surface area contributed by atoms with E-state index in [4.69, 9.17) is 4.74 Å². The Kier molecular flexibility index (Phi) is 6.76. The molecule has 0 unspecified atom stereocenters. The molecular weight excluding hydrogens is 389 g/mol. The molecule has 4 rings (SSSR count). The summed E-state index contributed by atoms with van der Waals surface area (Å²) in [5, 5.41) is 1.32. The molecule has 0 amide bonds. The molecule has 1 aliphatic heterocycles. The second-order valence-electron chi connectivity index (χ2n) is 8.34. The number of H-pyrrole nitrogens is 1. The number of alkyl halides is 1. The Balaban J connectivity index is 0.000000199. The number of nitrogens with zero attached hydrogens (tertiary/aromatic N) is 1. The molecule has 0 aliphatic carbocycles. The van der Waals surface area contributed by atoms with E-state index in [0.717, 1.165) is 31.2 Å². The van der Waals surface area contributed by atoms with E-state index in [-0.39, 0.29) is 5.75 Å². The maximum Gasteiger partial charge on any atom is 0.129 e. The van der Waals surface area contributed by atoms with Crippen LogP contribution in [0.4, 0.5) is 13.2 Å². The fraction of sp³-hybridized carbons (Fsp3) is 0.417. The molecule has 0 bridgehead atoms. The van der Waals surface area contributed by atoms with Crippen LogP contribution in [0.25, 0.3) is 10.9 Å². The lowest BCUT2D eigenvalue weighted by Crippen LogP contribution is -2.44. The first kappa shape index (κ1) is 22.2. The smallest absolute Gasteiger partial charge is 0.129 e. The molecule has 0 radical (unpaired) electrons. The van der Waals surface area contributed by atoms with Crippen molar-refractivity contribution in [2.24, 2.45) is 0 Å². The lowest BCUT2D eigenvalue weighted by atomic mass is 9.96. The van der Waals surface area contributed by atoms with E-state index in [0.29, 0.717) is 19.2 Å². The standard InChI is InChI=1S/C16H21FN2.C8H8F2O/c1-11-8-13-12-6-4-5-7-14(12)18-15(13)9-19(11)10-16(2,3)17;1-2-11-8-4-6(9)3-7(10)5-8/h4-7,11,18H,8-10H2,1-3H3;3-5H,2H2,1H3/t11-;/m1./s1. The fourth-order valence-corrected chi connectivity index (χ4v) is 3.88. The zero-order chi connectivity index (χ0) is 21.9. The number of aromatic amines is 1. The van der Waals surface area contributed by atoms with Crippen LogP contribution in [-0.4, -0.2) is 34.7 Å². The van der Waals surface area contributed by atoms with Gasteiger partial charge in [0.05, 0.1) is 6.61 Å². The molecule has 1 N–H and O–H groups in total. The van der Waals surface area contributed by atoms with Crippen molar-refractivity contribution in [3.63, 3.8) is 0 Å². The summed E-state index contributed by atoms with van der Waals surface area (Å²) in [6, 6.07) is 11.9. The van der Waals surface area contributed by atoms with Crippen molar-refractivity contribution in [3.05, 3.63) is 65.4 Å². The van der Waals surface area contributed by atoms with E-state index in [1.54, 1.807) is 20.8 Å². The highest BCUT2D eigenvalue weighted by molar-refractivity contribution is 5.84. The van der Waals surface area contributed by atoms with E-state index < -0.39 is 17.3 Å². The van der Waals surface area contributed by atoms with E-state index in [1.165, 1.54) is 22.2 Å². The molecule has 0 fully saturated rings. The summed E-state index contributed by atoms with van der Waals surface area (Å²) >= 11 is 0. The number of benzene rings is 2. The van der Waals surface area contributed by atoms with E-state index in [2.05, 4.69) is 41.1 Å². The molecule has 1 aromatic heterocycles. The molecule has 30 heavy (non-hydrogen) atoms. The van der Waals surface area contributed by atoms with Gasteiger partial charge in [0.15, 0.2) is 0 Å². The Morgan fingerprint density at radius 3 is 2.43 bits per heavy atom. The maximum absolute atomic E-state index is 13.9. The summed E-state index contributed by atoms with van der Waals surface area (Å²) in [6.45, 7) is 8.96. The zero-order valence-corrected chi connectivity index (χ0v) is 17.9. The summed E-state index contributed by atoms with van der Waals surface area (Å²) in [4.78, 5) is 5.72. The molecule has 3 aromatic rings. The van der Waals surface area contributed by atoms with Crippen LogP contribution in [0.1, 0.15) is 39.0 Å². The normalized spacial score (nSPS) is 16.7. The van der Waals surface area contributed by atoms with Gasteiger partial charge in [-0.05, 0) is 45.7 Å². The first-order valence-electron chi connectivity index (χ1n) is 10.3. The monoisotopic (exact) mass is 418 g/mol. The molecule has 1 aliphatic rings. The number of para-hydroxylation sites is 1. The molecule has 0 saturated carbocycles. The van der Waals surface area contributed by atoms with Crippen molar-refractivity contribution >= 4 is 10.9 Å². The highest BCUT2D eigenvalue weighted by Crippen LogP contribution is 2.31. The summed E-state index contributed by atoms with van der Waals surface area (Å²) in [6.07, 6.45) is 0.995. The number of hydrogen-bond acceptors (Lipinski definition) is 2. The van der Waals surface area contributed by atoms with Gasteiger partial charge in [-0.2, -0.15) is 0 Å². The number of hydrogen-bond donors (Lipinski definition) is 1. The van der Waals surface area contributed by atoms with Crippen molar-refractivity contribution in [1.29, 1.82) is 0 Å².